The Morgan fingerprint density at radius 1 is 0.964 bits per heavy atom. The summed E-state index contributed by atoms with van der Waals surface area (Å²) in [7, 11) is 0. The molecule has 1 aromatic heterocycles. The van der Waals surface area contributed by atoms with Gasteiger partial charge < -0.3 is 10.2 Å². The van der Waals surface area contributed by atoms with Crippen molar-refractivity contribution < 1.29 is 9.59 Å². The number of hydrogen-bond acceptors (Lipinski definition) is 3. The van der Waals surface area contributed by atoms with Gasteiger partial charge in [-0.2, -0.15) is 0 Å². The van der Waals surface area contributed by atoms with E-state index >= 15 is 0 Å². The molecule has 1 N–H and O–H groups in total. The first-order chi connectivity index (χ1) is 13.7. The quantitative estimate of drug-likeness (QED) is 0.748. The number of benzene rings is 2. The lowest BCUT2D eigenvalue weighted by Gasteiger charge is -2.21. The molecule has 0 spiro atoms. The second-order valence-corrected chi connectivity index (χ2v) is 6.85. The van der Waals surface area contributed by atoms with E-state index in [-0.39, 0.29) is 30.2 Å². The van der Waals surface area contributed by atoms with Crippen LogP contribution in [-0.2, 0) is 9.59 Å². The average molecular weight is 371 g/mol. The van der Waals surface area contributed by atoms with E-state index < -0.39 is 0 Å². The summed E-state index contributed by atoms with van der Waals surface area (Å²) in [5.74, 6) is -0.547. The second kappa shape index (κ2) is 8.05. The van der Waals surface area contributed by atoms with Gasteiger partial charge in [0, 0.05) is 24.8 Å². The molecule has 5 nitrogen and oxygen atoms in total. The Morgan fingerprint density at radius 3 is 2.32 bits per heavy atom. The first kappa shape index (κ1) is 17.9. The third-order valence-electron chi connectivity index (χ3n) is 4.97. The maximum atomic E-state index is 13.0. The minimum absolute atomic E-state index is 0.0274. The summed E-state index contributed by atoms with van der Waals surface area (Å²) in [6.07, 6.45) is 1.93. The Bertz CT molecular complexity index is 906. The maximum Gasteiger partial charge on any atom is 0.227 e. The molecule has 1 fully saturated rings. The number of carbonyl (C=O) groups excluding carboxylic acids is 2. The number of pyridine rings is 1. The highest BCUT2D eigenvalue weighted by molar-refractivity contribution is 6.00. The van der Waals surface area contributed by atoms with Gasteiger partial charge in [0.05, 0.1) is 17.7 Å². The molecular formula is C23H21N3O2. The van der Waals surface area contributed by atoms with Crippen LogP contribution in [0.15, 0.2) is 85.1 Å². The van der Waals surface area contributed by atoms with Gasteiger partial charge in [-0.25, -0.2) is 0 Å². The summed E-state index contributed by atoms with van der Waals surface area (Å²) in [5.41, 5.74) is 2.55. The van der Waals surface area contributed by atoms with E-state index in [9.17, 15) is 9.59 Å². The number of rotatable bonds is 5. The van der Waals surface area contributed by atoms with Gasteiger partial charge in [-0.15, -0.1) is 0 Å². The molecule has 2 atom stereocenters. The van der Waals surface area contributed by atoms with E-state index in [1.165, 1.54) is 0 Å². The standard InChI is InChI=1S/C23H21N3O2/c27-21-15-18(16-26(21)19-11-5-2-6-12-19)23(28)25-22(17-9-3-1-4-10-17)20-13-7-8-14-24-20/h1-14,18,22H,15-16H2,(H,25,28)/t18-,22-/m1/s1. The lowest BCUT2D eigenvalue weighted by Crippen LogP contribution is -2.36. The number of carbonyl (C=O) groups is 2. The van der Waals surface area contributed by atoms with Crippen LogP contribution in [0.5, 0.6) is 0 Å². The highest BCUT2D eigenvalue weighted by Crippen LogP contribution is 2.27. The van der Waals surface area contributed by atoms with Crippen molar-refractivity contribution in [3.05, 3.63) is 96.3 Å². The SMILES string of the molecule is O=C(N[C@H](c1ccccc1)c1ccccn1)[C@@H]1CC(=O)N(c2ccccc2)C1. The largest absolute Gasteiger partial charge is 0.343 e. The van der Waals surface area contributed by atoms with E-state index in [4.69, 9.17) is 0 Å². The molecule has 0 radical (unpaired) electrons. The van der Waals surface area contributed by atoms with Crippen molar-refractivity contribution in [3.8, 4) is 0 Å². The lowest BCUT2D eigenvalue weighted by atomic mass is 10.0. The average Bonchev–Trinajstić information content (AvgIpc) is 3.15. The van der Waals surface area contributed by atoms with Crippen LogP contribution in [-0.4, -0.2) is 23.3 Å². The molecule has 140 valence electrons. The van der Waals surface area contributed by atoms with Gasteiger partial charge in [-0.1, -0.05) is 54.6 Å². The fourth-order valence-electron chi connectivity index (χ4n) is 3.52. The molecule has 1 aliphatic rings. The van der Waals surface area contributed by atoms with E-state index in [1.54, 1.807) is 11.1 Å². The Labute approximate surface area is 164 Å². The summed E-state index contributed by atoms with van der Waals surface area (Å²) >= 11 is 0. The van der Waals surface area contributed by atoms with Crippen molar-refractivity contribution in [2.45, 2.75) is 12.5 Å². The Balaban J connectivity index is 1.53. The number of nitrogens with zero attached hydrogens (tertiary/aromatic N) is 2. The highest BCUT2D eigenvalue weighted by Gasteiger charge is 2.36. The molecule has 3 aromatic rings. The predicted molar refractivity (Wildman–Crippen MR) is 108 cm³/mol. The molecule has 2 aromatic carbocycles. The van der Waals surface area contributed by atoms with E-state index in [2.05, 4.69) is 10.3 Å². The number of aromatic nitrogens is 1. The van der Waals surface area contributed by atoms with Gasteiger partial charge in [0.1, 0.15) is 0 Å². The minimum Gasteiger partial charge on any atom is -0.343 e. The Kier molecular flexibility index (Phi) is 5.15. The minimum atomic E-state index is -0.386. The first-order valence-electron chi connectivity index (χ1n) is 9.34. The molecule has 0 unspecified atom stereocenters. The summed E-state index contributed by atoms with van der Waals surface area (Å²) in [5, 5.41) is 3.10. The van der Waals surface area contributed by atoms with E-state index in [0.29, 0.717) is 6.54 Å². The lowest BCUT2D eigenvalue weighted by molar-refractivity contribution is -0.126. The third-order valence-corrected chi connectivity index (χ3v) is 4.97. The number of amides is 2. The molecule has 2 heterocycles. The molecule has 28 heavy (non-hydrogen) atoms. The number of anilines is 1. The fraction of sp³-hybridized carbons (Fsp3) is 0.174. The molecule has 4 rings (SSSR count). The van der Waals surface area contributed by atoms with Crippen LogP contribution in [0, 0.1) is 5.92 Å². The van der Waals surface area contributed by atoms with Crippen molar-refractivity contribution in [1.82, 2.24) is 10.3 Å². The molecule has 0 aliphatic carbocycles. The Hall–Kier alpha value is -3.47. The maximum absolute atomic E-state index is 13.0. The summed E-state index contributed by atoms with van der Waals surface area (Å²) in [6.45, 7) is 0.387. The number of hydrogen-bond donors (Lipinski definition) is 1. The van der Waals surface area contributed by atoms with Crippen LogP contribution in [0.2, 0.25) is 0 Å². The molecule has 0 saturated carbocycles. The number of para-hydroxylation sites is 1. The van der Waals surface area contributed by atoms with Crippen molar-refractivity contribution >= 4 is 17.5 Å². The topological polar surface area (TPSA) is 62.3 Å². The zero-order valence-corrected chi connectivity index (χ0v) is 15.4. The fourth-order valence-corrected chi connectivity index (χ4v) is 3.52. The van der Waals surface area contributed by atoms with Crippen LogP contribution in [0.25, 0.3) is 0 Å². The van der Waals surface area contributed by atoms with Crippen molar-refractivity contribution in [2.24, 2.45) is 5.92 Å². The Morgan fingerprint density at radius 2 is 1.64 bits per heavy atom. The van der Waals surface area contributed by atoms with Gasteiger partial charge in [0.2, 0.25) is 11.8 Å². The van der Waals surface area contributed by atoms with Crippen LogP contribution in [0.3, 0.4) is 0 Å². The molecule has 5 heteroatoms. The number of nitrogens with one attached hydrogen (secondary N) is 1. The van der Waals surface area contributed by atoms with Crippen molar-refractivity contribution in [2.75, 3.05) is 11.4 Å². The monoisotopic (exact) mass is 371 g/mol. The third kappa shape index (κ3) is 3.78. The van der Waals surface area contributed by atoms with Crippen molar-refractivity contribution in [1.29, 1.82) is 0 Å². The van der Waals surface area contributed by atoms with E-state index in [0.717, 1.165) is 16.9 Å². The molecule has 2 amide bonds. The molecular weight excluding hydrogens is 350 g/mol. The summed E-state index contributed by atoms with van der Waals surface area (Å²) in [6, 6.07) is 24.5. The first-order valence-corrected chi connectivity index (χ1v) is 9.34. The second-order valence-electron chi connectivity index (χ2n) is 6.85. The summed E-state index contributed by atoms with van der Waals surface area (Å²) in [4.78, 5) is 31.6. The van der Waals surface area contributed by atoms with Crippen molar-refractivity contribution in [3.63, 3.8) is 0 Å². The predicted octanol–water partition coefficient (Wildman–Crippen LogP) is 3.34. The molecule has 0 bridgehead atoms. The highest BCUT2D eigenvalue weighted by atomic mass is 16.2. The smallest absolute Gasteiger partial charge is 0.227 e. The zero-order chi connectivity index (χ0) is 19.3. The molecule has 1 aliphatic heterocycles. The zero-order valence-electron chi connectivity index (χ0n) is 15.4. The van der Waals surface area contributed by atoms with Gasteiger partial charge in [-0.05, 0) is 29.8 Å². The summed E-state index contributed by atoms with van der Waals surface area (Å²) < 4.78 is 0. The van der Waals surface area contributed by atoms with Crippen LogP contribution in [0.4, 0.5) is 5.69 Å². The van der Waals surface area contributed by atoms with Gasteiger partial charge in [0.25, 0.3) is 0 Å². The van der Waals surface area contributed by atoms with Gasteiger partial charge >= 0.3 is 0 Å². The van der Waals surface area contributed by atoms with Crippen LogP contribution in [0.1, 0.15) is 23.7 Å². The van der Waals surface area contributed by atoms with E-state index in [1.807, 2.05) is 78.9 Å². The normalized spacial score (nSPS) is 17.4. The van der Waals surface area contributed by atoms with Gasteiger partial charge in [0.15, 0.2) is 0 Å². The van der Waals surface area contributed by atoms with Gasteiger partial charge in [-0.3, -0.25) is 14.6 Å². The van der Waals surface area contributed by atoms with Crippen LogP contribution < -0.4 is 10.2 Å². The van der Waals surface area contributed by atoms with Crippen LogP contribution >= 0.6 is 0 Å². The molecule has 1 saturated heterocycles.